The third-order valence-corrected chi connectivity index (χ3v) is 2.26. The van der Waals surface area contributed by atoms with Crippen LogP contribution in [-0.2, 0) is 16.1 Å². The van der Waals surface area contributed by atoms with Gasteiger partial charge in [-0.3, -0.25) is 4.79 Å². The van der Waals surface area contributed by atoms with E-state index in [9.17, 15) is 4.79 Å². The molecule has 0 aliphatic rings. The van der Waals surface area contributed by atoms with Crippen LogP contribution in [-0.4, -0.2) is 28.5 Å². The van der Waals surface area contributed by atoms with E-state index < -0.39 is 11.4 Å². The van der Waals surface area contributed by atoms with Gasteiger partial charge in [-0.2, -0.15) is 0 Å². The summed E-state index contributed by atoms with van der Waals surface area (Å²) in [6.07, 6.45) is 0. The molecule has 0 saturated carbocycles. The summed E-state index contributed by atoms with van der Waals surface area (Å²) in [5, 5.41) is 3.16. The van der Waals surface area contributed by atoms with E-state index in [0.29, 0.717) is 11.6 Å². The SMILES string of the molecule is COCc1nc(Cl)cc(NC(C)(C)C(N)=O)n1. The zero-order valence-electron chi connectivity index (χ0n) is 9.95. The number of methoxy groups -OCH3 is 1. The summed E-state index contributed by atoms with van der Waals surface area (Å²) in [6, 6.07) is 1.52. The molecule has 17 heavy (non-hydrogen) atoms. The Morgan fingerprint density at radius 3 is 2.76 bits per heavy atom. The van der Waals surface area contributed by atoms with Gasteiger partial charge in [0.2, 0.25) is 5.91 Å². The van der Waals surface area contributed by atoms with Gasteiger partial charge in [-0.25, -0.2) is 9.97 Å². The zero-order valence-corrected chi connectivity index (χ0v) is 10.7. The molecule has 1 rings (SSSR count). The molecular weight excluding hydrogens is 244 g/mol. The van der Waals surface area contributed by atoms with E-state index in [1.165, 1.54) is 13.2 Å². The van der Waals surface area contributed by atoms with Crippen molar-refractivity contribution >= 4 is 23.3 Å². The third-order valence-electron chi connectivity index (χ3n) is 2.07. The fraction of sp³-hybridized carbons (Fsp3) is 0.500. The van der Waals surface area contributed by atoms with Crippen molar-refractivity contribution < 1.29 is 9.53 Å². The Bertz CT molecular complexity index is 423. The molecule has 0 radical (unpaired) electrons. The molecule has 1 aromatic rings. The van der Waals surface area contributed by atoms with Gasteiger partial charge in [0.15, 0.2) is 5.82 Å². The highest BCUT2D eigenvalue weighted by molar-refractivity contribution is 6.29. The van der Waals surface area contributed by atoms with Crippen LogP contribution in [0, 0.1) is 0 Å². The molecule has 7 heteroatoms. The lowest BCUT2D eigenvalue weighted by Crippen LogP contribution is -2.45. The molecule has 1 aromatic heterocycles. The smallest absolute Gasteiger partial charge is 0.242 e. The van der Waals surface area contributed by atoms with E-state index in [4.69, 9.17) is 22.1 Å². The van der Waals surface area contributed by atoms with E-state index in [2.05, 4.69) is 15.3 Å². The van der Waals surface area contributed by atoms with Crippen LogP contribution in [0.15, 0.2) is 6.07 Å². The number of amides is 1. The molecule has 0 unspecified atom stereocenters. The molecule has 0 aromatic carbocycles. The number of nitrogens with zero attached hydrogens (tertiary/aromatic N) is 2. The zero-order chi connectivity index (χ0) is 13.1. The van der Waals surface area contributed by atoms with Crippen molar-refractivity contribution in [2.45, 2.75) is 26.0 Å². The van der Waals surface area contributed by atoms with Crippen molar-refractivity contribution in [3.05, 3.63) is 17.0 Å². The van der Waals surface area contributed by atoms with E-state index in [0.717, 1.165) is 0 Å². The molecule has 0 aliphatic heterocycles. The van der Waals surface area contributed by atoms with Crippen molar-refractivity contribution in [3.8, 4) is 0 Å². The van der Waals surface area contributed by atoms with Crippen LogP contribution in [0.3, 0.4) is 0 Å². The minimum atomic E-state index is -0.915. The van der Waals surface area contributed by atoms with Gasteiger partial charge < -0.3 is 15.8 Å². The summed E-state index contributed by atoms with van der Waals surface area (Å²) < 4.78 is 4.91. The van der Waals surface area contributed by atoms with E-state index in [1.807, 2.05) is 0 Å². The van der Waals surface area contributed by atoms with Crippen LogP contribution >= 0.6 is 11.6 Å². The fourth-order valence-electron chi connectivity index (χ4n) is 1.10. The maximum atomic E-state index is 11.2. The molecule has 0 atom stereocenters. The van der Waals surface area contributed by atoms with E-state index in [1.54, 1.807) is 13.8 Å². The van der Waals surface area contributed by atoms with Gasteiger partial charge >= 0.3 is 0 Å². The Hall–Kier alpha value is -1.40. The Morgan fingerprint density at radius 2 is 2.24 bits per heavy atom. The van der Waals surface area contributed by atoms with Crippen molar-refractivity contribution in [2.24, 2.45) is 5.73 Å². The van der Waals surface area contributed by atoms with Crippen LogP contribution in [0.1, 0.15) is 19.7 Å². The largest absolute Gasteiger partial charge is 0.377 e. The Balaban J connectivity index is 2.95. The van der Waals surface area contributed by atoms with Gasteiger partial charge in [0.1, 0.15) is 23.1 Å². The average Bonchev–Trinajstić information content (AvgIpc) is 2.15. The van der Waals surface area contributed by atoms with E-state index in [-0.39, 0.29) is 11.8 Å². The van der Waals surface area contributed by atoms with Crippen LogP contribution in [0.4, 0.5) is 5.82 Å². The van der Waals surface area contributed by atoms with Gasteiger partial charge in [-0.15, -0.1) is 0 Å². The normalized spacial score (nSPS) is 11.3. The lowest BCUT2D eigenvalue weighted by Gasteiger charge is -2.23. The standard InChI is InChI=1S/C10H15ClN4O2/c1-10(2,9(12)16)15-7-4-6(11)13-8(14-7)5-17-3/h4H,5H2,1-3H3,(H2,12,16)(H,13,14,15). The first-order valence-corrected chi connectivity index (χ1v) is 5.33. The maximum absolute atomic E-state index is 11.2. The number of halogens is 1. The van der Waals surface area contributed by atoms with Gasteiger partial charge in [0.25, 0.3) is 0 Å². The first-order chi connectivity index (χ1) is 7.85. The lowest BCUT2D eigenvalue weighted by atomic mass is 10.1. The summed E-state index contributed by atoms with van der Waals surface area (Å²) in [5.74, 6) is 0.379. The predicted molar refractivity (Wildman–Crippen MR) is 64.7 cm³/mol. The van der Waals surface area contributed by atoms with E-state index >= 15 is 0 Å². The number of rotatable bonds is 5. The number of anilines is 1. The van der Waals surface area contributed by atoms with Crippen LogP contribution < -0.4 is 11.1 Å². The number of ether oxygens (including phenoxy) is 1. The maximum Gasteiger partial charge on any atom is 0.242 e. The van der Waals surface area contributed by atoms with Crippen molar-refractivity contribution in [2.75, 3.05) is 12.4 Å². The second-order valence-electron chi connectivity index (χ2n) is 4.04. The Morgan fingerprint density at radius 1 is 1.59 bits per heavy atom. The molecule has 1 heterocycles. The fourth-order valence-corrected chi connectivity index (χ4v) is 1.31. The number of hydrogen-bond donors (Lipinski definition) is 2. The lowest BCUT2D eigenvalue weighted by molar-refractivity contribution is -0.121. The monoisotopic (exact) mass is 258 g/mol. The number of carbonyl (C=O) groups is 1. The highest BCUT2D eigenvalue weighted by Crippen LogP contribution is 2.16. The van der Waals surface area contributed by atoms with Gasteiger partial charge in [0.05, 0.1) is 0 Å². The highest BCUT2D eigenvalue weighted by atomic mass is 35.5. The highest BCUT2D eigenvalue weighted by Gasteiger charge is 2.25. The summed E-state index contributed by atoms with van der Waals surface area (Å²) in [6.45, 7) is 3.55. The predicted octanol–water partition coefficient (Wildman–Crippen LogP) is 0.952. The van der Waals surface area contributed by atoms with Crippen molar-refractivity contribution in [3.63, 3.8) is 0 Å². The van der Waals surface area contributed by atoms with Crippen LogP contribution in [0.5, 0.6) is 0 Å². The molecule has 0 fully saturated rings. The topological polar surface area (TPSA) is 90.1 Å². The second-order valence-corrected chi connectivity index (χ2v) is 4.43. The summed E-state index contributed by atoms with van der Waals surface area (Å²) >= 11 is 5.83. The summed E-state index contributed by atoms with van der Waals surface area (Å²) in [4.78, 5) is 19.3. The van der Waals surface area contributed by atoms with Crippen molar-refractivity contribution in [1.29, 1.82) is 0 Å². The molecule has 6 nitrogen and oxygen atoms in total. The van der Waals surface area contributed by atoms with Gasteiger partial charge in [-0.1, -0.05) is 11.6 Å². The summed E-state index contributed by atoms with van der Waals surface area (Å²) in [5.41, 5.74) is 4.34. The quantitative estimate of drug-likeness (QED) is 0.768. The van der Waals surface area contributed by atoms with Crippen molar-refractivity contribution in [1.82, 2.24) is 9.97 Å². The molecule has 0 saturated heterocycles. The molecule has 0 bridgehead atoms. The average molecular weight is 259 g/mol. The molecule has 0 spiro atoms. The van der Waals surface area contributed by atoms with Crippen LogP contribution in [0.25, 0.3) is 0 Å². The second kappa shape index (κ2) is 5.29. The Kier molecular flexibility index (Phi) is 4.25. The minimum Gasteiger partial charge on any atom is -0.377 e. The molecule has 3 N–H and O–H groups in total. The number of carbonyl (C=O) groups excluding carboxylic acids is 1. The molecule has 0 aliphatic carbocycles. The molecule has 94 valence electrons. The summed E-state index contributed by atoms with van der Waals surface area (Å²) in [7, 11) is 1.53. The number of aromatic nitrogens is 2. The number of primary amides is 1. The Labute approximate surface area is 105 Å². The number of nitrogens with two attached hydrogens (primary N) is 1. The number of hydrogen-bond acceptors (Lipinski definition) is 5. The first kappa shape index (κ1) is 13.7. The van der Waals surface area contributed by atoms with Crippen LogP contribution in [0.2, 0.25) is 5.15 Å². The first-order valence-electron chi connectivity index (χ1n) is 4.95. The third kappa shape index (κ3) is 3.83. The molecule has 1 amide bonds. The minimum absolute atomic E-state index is 0.242. The van der Waals surface area contributed by atoms with Gasteiger partial charge in [-0.05, 0) is 13.8 Å². The van der Waals surface area contributed by atoms with Gasteiger partial charge in [0, 0.05) is 13.2 Å². The number of nitrogens with one attached hydrogen (secondary N) is 1. The molecular formula is C10H15ClN4O2.